The van der Waals surface area contributed by atoms with E-state index in [2.05, 4.69) is 34.8 Å². The molecule has 0 bridgehead atoms. The van der Waals surface area contributed by atoms with Crippen LogP contribution in [0.15, 0.2) is 121 Å². The smallest absolute Gasteiger partial charge is 0.361 e. The molecular weight excluding hydrogens is 466 g/mol. The third-order valence-electron chi connectivity index (χ3n) is 7.45. The maximum absolute atomic E-state index is 14.2. The summed E-state index contributed by atoms with van der Waals surface area (Å²) < 4.78 is 44.7. The Morgan fingerprint density at radius 2 is 1.03 bits per heavy atom. The molecule has 1 aliphatic rings. The van der Waals surface area contributed by atoms with Gasteiger partial charge in [-0.15, -0.1) is 16.4 Å². The average Bonchev–Trinajstić information content (AvgIpc) is 3.22. The lowest BCUT2D eigenvalue weighted by Gasteiger charge is -2.35. The maximum atomic E-state index is 14.2. The highest BCUT2D eigenvalue weighted by Crippen LogP contribution is 2.40. The van der Waals surface area contributed by atoms with E-state index in [4.69, 9.17) is 0 Å². The highest BCUT2D eigenvalue weighted by atomic mass is 19.1. The topological polar surface area (TPSA) is 3.88 Å². The van der Waals surface area contributed by atoms with E-state index >= 15 is 0 Å². The van der Waals surface area contributed by atoms with Crippen LogP contribution in [0, 0.1) is 24.4 Å². The van der Waals surface area contributed by atoms with E-state index in [0.29, 0.717) is 0 Å². The quantitative estimate of drug-likeness (QED) is 0.280. The molecule has 0 spiro atoms. The average molecular weight is 489 g/mol. The van der Waals surface area contributed by atoms with E-state index in [1.807, 2.05) is 25.3 Å². The number of rotatable bonds is 4. The molecular formula is C32H23BF3N. The van der Waals surface area contributed by atoms with Crippen LogP contribution in [0.4, 0.5) is 13.2 Å². The zero-order valence-corrected chi connectivity index (χ0v) is 20.2. The van der Waals surface area contributed by atoms with Gasteiger partial charge in [-0.05, 0) is 55.0 Å². The zero-order valence-electron chi connectivity index (χ0n) is 20.2. The molecule has 0 saturated heterocycles. The lowest BCUT2D eigenvalue weighted by Crippen LogP contribution is -2.78. The van der Waals surface area contributed by atoms with Gasteiger partial charge in [0.05, 0.1) is 0 Å². The third-order valence-corrected chi connectivity index (χ3v) is 7.45. The number of hydrogen-bond donors (Lipinski definition) is 0. The molecule has 0 fully saturated rings. The molecule has 0 radical (unpaired) electrons. The molecule has 1 nitrogen and oxygen atoms in total. The maximum Gasteiger partial charge on any atom is 0.361 e. The number of pyridine rings is 1. The number of benzene rings is 4. The molecule has 5 heteroatoms. The van der Waals surface area contributed by atoms with Gasteiger partial charge in [0, 0.05) is 11.6 Å². The van der Waals surface area contributed by atoms with Crippen molar-refractivity contribution in [2.75, 3.05) is 0 Å². The monoisotopic (exact) mass is 489 g/mol. The van der Waals surface area contributed by atoms with Crippen molar-refractivity contribution in [3.63, 3.8) is 0 Å². The van der Waals surface area contributed by atoms with E-state index in [9.17, 15) is 13.2 Å². The number of hydrogen-bond acceptors (Lipinski definition) is 0. The lowest BCUT2D eigenvalue weighted by molar-refractivity contribution is -0.539. The molecule has 5 aromatic rings. The summed E-state index contributed by atoms with van der Waals surface area (Å²) in [5, 5.41) is 0. The van der Waals surface area contributed by atoms with Gasteiger partial charge in [0.1, 0.15) is 23.6 Å². The largest absolute Gasteiger partial charge is 0.408 e. The van der Waals surface area contributed by atoms with Crippen molar-refractivity contribution < 1.29 is 17.6 Å². The van der Waals surface area contributed by atoms with Crippen LogP contribution in [0.1, 0.15) is 22.4 Å². The van der Waals surface area contributed by atoms with Crippen LogP contribution >= 0.6 is 0 Å². The van der Waals surface area contributed by atoms with E-state index in [-0.39, 0.29) is 17.5 Å². The molecule has 0 N–H and O–H groups in total. The molecule has 0 aliphatic carbocycles. The first-order valence-corrected chi connectivity index (χ1v) is 12.2. The predicted molar refractivity (Wildman–Crippen MR) is 143 cm³/mol. The summed E-state index contributed by atoms with van der Waals surface area (Å²) in [7, 11) is 0. The lowest BCUT2D eigenvalue weighted by atomic mass is 9.23. The Morgan fingerprint density at radius 1 is 0.541 bits per heavy atom. The Morgan fingerprint density at radius 3 is 1.57 bits per heavy atom. The van der Waals surface area contributed by atoms with Crippen LogP contribution in [0.3, 0.4) is 0 Å². The number of nitrogens with zero attached hydrogens (tertiary/aromatic N) is 1. The Bertz CT molecular complexity index is 1580. The molecule has 180 valence electrons. The summed E-state index contributed by atoms with van der Waals surface area (Å²) in [5.41, 5.74) is 7.67. The molecule has 0 saturated carbocycles. The summed E-state index contributed by atoms with van der Waals surface area (Å²) >= 11 is 0. The standard InChI is InChI=1S/C32H23BF3N/c1-22-5-7-23(8-6-22)31-30-4-2-3-21-37(30)33(25-11-17-28(35)18-12-25,26-13-19-29(36)20-14-26)32(31)24-9-15-27(34)16-10-24/h2-21H,1H3. The fraction of sp³-hybridized carbons (Fsp3) is 0.0312. The molecule has 0 amide bonds. The molecule has 2 heterocycles. The van der Waals surface area contributed by atoms with Gasteiger partial charge in [-0.1, -0.05) is 77.9 Å². The van der Waals surface area contributed by atoms with Crippen LogP contribution in [0.2, 0.25) is 0 Å². The van der Waals surface area contributed by atoms with Crippen molar-refractivity contribution in [2.45, 2.75) is 6.92 Å². The van der Waals surface area contributed by atoms with Crippen molar-refractivity contribution in [3.05, 3.63) is 161 Å². The van der Waals surface area contributed by atoms with Crippen LogP contribution in [-0.4, -0.2) is 6.28 Å². The van der Waals surface area contributed by atoms with Crippen LogP contribution < -0.4 is 15.4 Å². The second kappa shape index (κ2) is 8.93. The van der Waals surface area contributed by atoms with Crippen molar-refractivity contribution in [2.24, 2.45) is 0 Å². The Balaban J connectivity index is 1.82. The number of halogens is 3. The van der Waals surface area contributed by atoms with Crippen molar-refractivity contribution in [1.82, 2.24) is 0 Å². The van der Waals surface area contributed by atoms with E-state index in [0.717, 1.165) is 44.4 Å². The molecule has 6 rings (SSSR count). The summed E-state index contributed by atoms with van der Waals surface area (Å²) in [6.45, 7) is 2.04. The normalized spacial score (nSPS) is 14.1. The van der Waals surface area contributed by atoms with Gasteiger partial charge in [0.2, 0.25) is 0 Å². The third kappa shape index (κ3) is 3.70. The fourth-order valence-corrected chi connectivity index (χ4v) is 5.86. The van der Waals surface area contributed by atoms with E-state index < -0.39 is 6.28 Å². The van der Waals surface area contributed by atoms with Gasteiger partial charge in [0.25, 0.3) is 0 Å². The van der Waals surface area contributed by atoms with Gasteiger partial charge in [0.15, 0.2) is 5.69 Å². The minimum atomic E-state index is -1.96. The molecule has 1 aromatic heterocycles. The number of aromatic nitrogens is 1. The number of aryl methyl sites for hydroxylation is 1. The summed E-state index contributed by atoms with van der Waals surface area (Å²) in [6.07, 6.45) is 0.0628. The molecule has 0 unspecified atom stereocenters. The van der Waals surface area contributed by atoms with Crippen molar-refractivity contribution in [1.29, 1.82) is 0 Å². The van der Waals surface area contributed by atoms with E-state index in [1.54, 1.807) is 36.4 Å². The molecule has 4 aromatic carbocycles. The Hall–Kier alpha value is -4.38. The first kappa shape index (κ1) is 23.0. The van der Waals surface area contributed by atoms with Crippen LogP contribution in [0.5, 0.6) is 0 Å². The predicted octanol–water partition coefficient (Wildman–Crippen LogP) is 5.82. The minimum absolute atomic E-state index is 0.328. The van der Waals surface area contributed by atoms with Crippen LogP contribution in [-0.2, 0) is 0 Å². The summed E-state index contributed by atoms with van der Waals surface area (Å²) in [6, 6.07) is 33.8. The SMILES string of the molecule is Cc1ccc(C2=C(c3ccc(F)cc3)[B-](c3ccc(F)cc3)(c3ccc(F)cc3)[n+]3ccccc32)cc1. The molecule has 0 atom stereocenters. The summed E-state index contributed by atoms with van der Waals surface area (Å²) in [5.74, 6) is -1.00. The second-order valence-electron chi connectivity index (χ2n) is 9.58. The van der Waals surface area contributed by atoms with Crippen LogP contribution in [0.25, 0.3) is 11.0 Å². The minimum Gasteiger partial charge on any atom is -0.408 e. The fourth-order valence-electron chi connectivity index (χ4n) is 5.86. The van der Waals surface area contributed by atoms with Crippen molar-refractivity contribution in [3.8, 4) is 0 Å². The first-order valence-electron chi connectivity index (χ1n) is 12.2. The first-order chi connectivity index (χ1) is 18.0. The van der Waals surface area contributed by atoms with Gasteiger partial charge in [-0.3, -0.25) is 0 Å². The highest BCUT2D eigenvalue weighted by Gasteiger charge is 2.51. The molecule has 1 aliphatic heterocycles. The van der Waals surface area contributed by atoms with Gasteiger partial charge < -0.3 is 4.48 Å². The zero-order chi connectivity index (χ0) is 25.6. The Kier molecular flexibility index (Phi) is 5.56. The van der Waals surface area contributed by atoms with Gasteiger partial charge in [-0.2, -0.15) is 0 Å². The second-order valence-corrected chi connectivity index (χ2v) is 9.58. The highest BCUT2D eigenvalue weighted by molar-refractivity contribution is 7.11. The van der Waals surface area contributed by atoms with Crippen molar-refractivity contribution >= 4 is 28.3 Å². The summed E-state index contributed by atoms with van der Waals surface area (Å²) in [4.78, 5) is 0. The molecule has 37 heavy (non-hydrogen) atoms. The van der Waals surface area contributed by atoms with Gasteiger partial charge >= 0.3 is 6.28 Å². The van der Waals surface area contributed by atoms with E-state index in [1.165, 1.54) is 36.4 Å². The Labute approximate surface area is 214 Å². The van der Waals surface area contributed by atoms with Gasteiger partial charge in [-0.25, -0.2) is 13.2 Å². The number of fused-ring (bicyclic) bond motifs is 1.